The van der Waals surface area contributed by atoms with Crippen LogP contribution in [-0.4, -0.2) is 51.2 Å². The summed E-state index contributed by atoms with van der Waals surface area (Å²) in [6, 6.07) is 7.82. The van der Waals surface area contributed by atoms with E-state index in [-0.39, 0.29) is 5.91 Å². The Morgan fingerprint density at radius 1 is 1.25 bits per heavy atom. The first-order valence-electron chi connectivity index (χ1n) is 6.87. The lowest BCUT2D eigenvalue weighted by atomic mass is 10.1. The van der Waals surface area contributed by atoms with Gasteiger partial charge in [0.15, 0.2) is 0 Å². The number of nitrogens with two attached hydrogens (primary N) is 1. The molecule has 0 spiro atoms. The molecule has 0 fully saturated rings. The van der Waals surface area contributed by atoms with Gasteiger partial charge in [-0.3, -0.25) is 4.79 Å². The van der Waals surface area contributed by atoms with Gasteiger partial charge in [0.1, 0.15) is 0 Å². The second kappa shape index (κ2) is 9.47. The van der Waals surface area contributed by atoms with Gasteiger partial charge >= 0.3 is 0 Å². The summed E-state index contributed by atoms with van der Waals surface area (Å²) in [5.74, 6) is 0.0469. The van der Waals surface area contributed by atoms with Crippen LogP contribution in [0.25, 0.3) is 0 Å². The average Bonchev–Trinajstić information content (AvgIpc) is 2.46. The summed E-state index contributed by atoms with van der Waals surface area (Å²) in [4.78, 5) is 13.9. The molecule has 0 aliphatic rings. The van der Waals surface area contributed by atoms with Crippen LogP contribution in [0.5, 0.6) is 0 Å². The highest BCUT2D eigenvalue weighted by Gasteiger charge is 2.04. The molecule has 1 amide bonds. The zero-order chi connectivity index (χ0) is 14.8. The normalized spacial score (nSPS) is 10.8. The molecule has 0 saturated carbocycles. The van der Waals surface area contributed by atoms with Crippen LogP contribution in [-0.2, 0) is 22.5 Å². The molecule has 1 aromatic carbocycles. The molecule has 0 aliphatic carbocycles. The van der Waals surface area contributed by atoms with Crippen molar-refractivity contribution in [2.45, 2.75) is 13.0 Å². The summed E-state index contributed by atoms with van der Waals surface area (Å²) in [5.41, 5.74) is 7.62. The molecule has 0 bridgehead atoms. The Kier molecular flexibility index (Phi) is 7.87. The van der Waals surface area contributed by atoms with E-state index in [1.807, 2.05) is 31.3 Å². The lowest BCUT2D eigenvalue weighted by Gasteiger charge is -2.16. The molecule has 5 nitrogen and oxygen atoms in total. The summed E-state index contributed by atoms with van der Waals surface area (Å²) < 4.78 is 5.00. The van der Waals surface area contributed by atoms with Gasteiger partial charge in [-0.1, -0.05) is 24.3 Å². The van der Waals surface area contributed by atoms with E-state index in [0.717, 1.165) is 24.2 Å². The number of nitrogens with zero attached hydrogens (tertiary/aromatic N) is 1. The highest BCUT2D eigenvalue weighted by Crippen LogP contribution is 2.04. The largest absolute Gasteiger partial charge is 0.383 e. The molecule has 0 radical (unpaired) electrons. The van der Waals surface area contributed by atoms with Gasteiger partial charge in [-0.05, 0) is 18.2 Å². The molecular weight excluding hydrogens is 254 g/mol. The van der Waals surface area contributed by atoms with E-state index in [4.69, 9.17) is 10.5 Å². The molecule has 0 atom stereocenters. The van der Waals surface area contributed by atoms with Crippen molar-refractivity contribution in [3.05, 3.63) is 35.4 Å². The minimum absolute atomic E-state index is 0.0469. The summed E-state index contributed by atoms with van der Waals surface area (Å²) in [6.45, 7) is 3.58. The van der Waals surface area contributed by atoms with Gasteiger partial charge in [0.05, 0.1) is 13.0 Å². The second-order valence-electron chi connectivity index (χ2n) is 4.84. The number of carbonyl (C=O) groups excluding carboxylic acids is 1. The van der Waals surface area contributed by atoms with Crippen molar-refractivity contribution >= 4 is 5.91 Å². The van der Waals surface area contributed by atoms with Crippen molar-refractivity contribution in [2.75, 3.05) is 40.4 Å². The molecule has 0 aromatic heterocycles. The van der Waals surface area contributed by atoms with Crippen molar-refractivity contribution in [1.29, 1.82) is 0 Å². The van der Waals surface area contributed by atoms with Crippen LogP contribution < -0.4 is 11.1 Å². The van der Waals surface area contributed by atoms with Crippen molar-refractivity contribution in [3.63, 3.8) is 0 Å². The van der Waals surface area contributed by atoms with Crippen LogP contribution in [0.2, 0.25) is 0 Å². The number of hydrogen-bond acceptors (Lipinski definition) is 4. The van der Waals surface area contributed by atoms with Crippen molar-refractivity contribution < 1.29 is 9.53 Å². The Morgan fingerprint density at radius 2 is 1.90 bits per heavy atom. The molecule has 112 valence electrons. The van der Waals surface area contributed by atoms with E-state index < -0.39 is 0 Å². The maximum absolute atomic E-state index is 11.8. The molecule has 0 heterocycles. The summed E-state index contributed by atoms with van der Waals surface area (Å²) >= 11 is 0. The van der Waals surface area contributed by atoms with Crippen LogP contribution in [0.1, 0.15) is 11.1 Å². The number of carbonyl (C=O) groups is 1. The molecular formula is C15H25N3O2. The Hall–Kier alpha value is -1.43. The molecule has 5 heteroatoms. The van der Waals surface area contributed by atoms with Gasteiger partial charge in [-0.2, -0.15) is 0 Å². The lowest BCUT2D eigenvalue weighted by molar-refractivity contribution is -0.120. The first-order valence-corrected chi connectivity index (χ1v) is 6.87. The van der Waals surface area contributed by atoms with Gasteiger partial charge < -0.3 is 20.7 Å². The summed E-state index contributed by atoms with van der Waals surface area (Å²) in [5, 5.41) is 2.92. The number of benzene rings is 1. The third-order valence-electron chi connectivity index (χ3n) is 3.12. The number of rotatable bonds is 9. The Bertz CT molecular complexity index is 393. The molecule has 0 saturated heterocycles. The quantitative estimate of drug-likeness (QED) is 0.686. The third-order valence-corrected chi connectivity index (χ3v) is 3.12. The monoisotopic (exact) mass is 279 g/mol. The minimum atomic E-state index is 0.0469. The molecule has 0 unspecified atom stereocenters. The van der Waals surface area contributed by atoms with Gasteiger partial charge in [0, 0.05) is 33.3 Å². The first kappa shape index (κ1) is 16.6. The lowest BCUT2D eigenvalue weighted by Crippen LogP contribution is -2.35. The maximum atomic E-state index is 11.8. The van der Waals surface area contributed by atoms with Crippen LogP contribution in [0.4, 0.5) is 0 Å². The zero-order valence-corrected chi connectivity index (χ0v) is 12.4. The van der Waals surface area contributed by atoms with Crippen LogP contribution in [0.3, 0.4) is 0 Å². The van der Waals surface area contributed by atoms with Crippen LogP contribution in [0.15, 0.2) is 24.3 Å². The summed E-state index contributed by atoms with van der Waals surface area (Å²) in [6.07, 6.45) is 0.409. The minimum Gasteiger partial charge on any atom is -0.383 e. The van der Waals surface area contributed by atoms with E-state index >= 15 is 0 Å². The predicted octanol–water partition coefficient (Wildman–Crippen LogP) is 0.382. The number of ether oxygens (including phenoxy) is 1. The highest BCUT2D eigenvalue weighted by molar-refractivity contribution is 5.78. The highest BCUT2D eigenvalue weighted by atomic mass is 16.5. The molecule has 1 aromatic rings. The number of likely N-dealkylation sites (N-methyl/N-ethyl adjacent to an activating group) is 1. The van der Waals surface area contributed by atoms with E-state index in [1.165, 1.54) is 0 Å². The van der Waals surface area contributed by atoms with E-state index in [1.54, 1.807) is 7.11 Å². The topological polar surface area (TPSA) is 67.6 Å². The van der Waals surface area contributed by atoms with E-state index in [9.17, 15) is 4.79 Å². The Morgan fingerprint density at radius 3 is 2.50 bits per heavy atom. The fourth-order valence-electron chi connectivity index (χ4n) is 1.79. The first-order chi connectivity index (χ1) is 9.65. The van der Waals surface area contributed by atoms with Gasteiger partial charge in [-0.25, -0.2) is 0 Å². The van der Waals surface area contributed by atoms with E-state index in [2.05, 4.69) is 10.2 Å². The van der Waals surface area contributed by atoms with Crippen LogP contribution in [0, 0.1) is 0 Å². The van der Waals surface area contributed by atoms with E-state index in [0.29, 0.717) is 26.1 Å². The fraction of sp³-hybridized carbons (Fsp3) is 0.533. The van der Waals surface area contributed by atoms with Crippen molar-refractivity contribution in [1.82, 2.24) is 10.2 Å². The molecule has 3 N–H and O–H groups in total. The second-order valence-corrected chi connectivity index (χ2v) is 4.84. The SMILES string of the molecule is COCCN(C)CCNC(=O)Cc1ccc(CN)cc1. The predicted molar refractivity (Wildman–Crippen MR) is 80.4 cm³/mol. The maximum Gasteiger partial charge on any atom is 0.224 e. The number of methoxy groups -OCH3 is 1. The summed E-state index contributed by atoms with van der Waals surface area (Å²) in [7, 11) is 3.70. The zero-order valence-electron chi connectivity index (χ0n) is 12.4. The van der Waals surface area contributed by atoms with Crippen molar-refractivity contribution in [3.8, 4) is 0 Å². The average molecular weight is 279 g/mol. The number of amides is 1. The number of nitrogens with one attached hydrogen (secondary N) is 1. The Labute approximate surface area is 121 Å². The molecule has 0 aliphatic heterocycles. The molecule has 1 rings (SSSR count). The standard InChI is InChI=1S/C15H25N3O2/c1-18(9-10-20-2)8-7-17-15(19)11-13-3-5-14(12-16)6-4-13/h3-6H,7-12,16H2,1-2H3,(H,17,19). The Balaban J connectivity index is 2.22. The third kappa shape index (κ3) is 6.65. The fourth-order valence-corrected chi connectivity index (χ4v) is 1.79. The molecule has 20 heavy (non-hydrogen) atoms. The number of hydrogen-bond donors (Lipinski definition) is 2. The van der Waals surface area contributed by atoms with Gasteiger partial charge in [0.2, 0.25) is 5.91 Å². The van der Waals surface area contributed by atoms with Crippen molar-refractivity contribution in [2.24, 2.45) is 5.73 Å². The smallest absolute Gasteiger partial charge is 0.224 e. The van der Waals surface area contributed by atoms with Crippen LogP contribution >= 0.6 is 0 Å². The van der Waals surface area contributed by atoms with Gasteiger partial charge in [-0.15, -0.1) is 0 Å². The van der Waals surface area contributed by atoms with Gasteiger partial charge in [0.25, 0.3) is 0 Å².